The van der Waals surface area contributed by atoms with Crippen LogP contribution in [0.25, 0.3) is 10.9 Å². The molecule has 3 heterocycles. The minimum Gasteiger partial charge on any atom is -0.391 e. The Labute approximate surface area is 149 Å². The van der Waals surface area contributed by atoms with Crippen molar-refractivity contribution in [2.45, 2.75) is 25.5 Å². The number of rotatable bonds is 4. The lowest BCUT2D eigenvalue weighted by molar-refractivity contribution is 0.154. The van der Waals surface area contributed by atoms with Gasteiger partial charge in [-0.2, -0.15) is 4.98 Å². The van der Waals surface area contributed by atoms with E-state index in [2.05, 4.69) is 30.2 Å². The van der Waals surface area contributed by atoms with Crippen molar-refractivity contribution in [3.05, 3.63) is 52.7 Å². The maximum atomic E-state index is 12.1. The first kappa shape index (κ1) is 16.5. The van der Waals surface area contributed by atoms with Crippen LogP contribution in [0.4, 0.5) is 11.8 Å². The number of benzene rings is 1. The summed E-state index contributed by atoms with van der Waals surface area (Å²) >= 11 is 0. The van der Waals surface area contributed by atoms with Crippen LogP contribution in [0.1, 0.15) is 18.7 Å². The molecule has 8 heteroatoms. The summed E-state index contributed by atoms with van der Waals surface area (Å²) in [6.45, 7) is 1.76. The third-order valence-electron chi connectivity index (χ3n) is 4.44. The molecule has 134 valence electrons. The second kappa shape index (κ2) is 7.09. The smallest absolute Gasteiger partial charge is 0.258 e. The van der Waals surface area contributed by atoms with Gasteiger partial charge in [-0.05, 0) is 31.0 Å². The first-order valence-corrected chi connectivity index (χ1v) is 8.67. The number of nitrogens with one attached hydrogen (secondary N) is 2. The Kier molecular flexibility index (Phi) is 4.49. The van der Waals surface area contributed by atoms with Crippen LogP contribution in [-0.4, -0.2) is 44.2 Å². The molecular formula is C18H20N6O2. The van der Waals surface area contributed by atoms with E-state index in [0.717, 1.165) is 25.2 Å². The molecule has 3 N–H and O–H groups in total. The summed E-state index contributed by atoms with van der Waals surface area (Å²) in [4.78, 5) is 30.1. The molecule has 1 aliphatic heterocycles. The lowest BCUT2D eigenvalue weighted by Crippen LogP contribution is -2.38. The van der Waals surface area contributed by atoms with Crippen molar-refractivity contribution in [2.24, 2.45) is 0 Å². The van der Waals surface area contributed by atoms with E-state index in [4.69, 9.17) is 0 Å². The van der Waals surface area contributed by atoms with Crippen LogP contribution in [0.15, 0.2) is 41.3 Å². The molecule has 1 aliphatic rings. The van der Waals surface area contributed by atoms with Crippen LogP contribution in [-0.2, 0) is 6.54 Å². The number of aliphatic hydroxyl groups is 1. The van der Waals surface area contributed by atoms with Gasteiger partial charge in [0.1, 0.15) is 11.6 Å². The number of aliphatic hydroxyl groups excluding tert-OH is 1. The first-order valence-electron chi connectivity index (χ1n) is 8.67. The number of hydrogen-bond donors (Lipinski definition) is 3. The quantitative estimate of drug-likeness (QED) is 0.649. The summed E-state index contributed by atoms with van der Waals surface area (Å²) < 4.78 is 0. The van der Waals surface area contributed by atoms with Crippen LogP contribution in [0, 0.1) is 0 Å². The highest BCUT2D eigenvalue weighted by molar-refractivity contribution is 5.77. The molecule has 3 aromatic rings. The van der Waals surface area contributed by atoms with Crippen molar-refractivity contribution in [3.8, 4) is 0 Å². The molecule has 1 fully saturated rings. The second-order valence-corrected chi connectivity index (χ2v) is 6.36. The topological polar surface area (TPSA) is 107 Å². The SMILES string of the molecule is O=c1[nH]c(CNc2nccc(N3CCC[C@@H](O)C3)n2)nc2ccccc12. The van der Waals surface area contributed by atoms with Crippen molar-refractivity contribution in [1.82, 2.24) is 19.9 Å². The van der Waals surface area contributed by atoms with Crippen LogP contribution in [0.2, 0.25) is 0 Å². The average Bonchev–Trinajstić information content (AvgIpc) is 2.67. The number of hydrogen-bond acceptors (Lipinski definition) is 7. The van der Waals surface area contributed by atoms with E-state index < -0.39 is 0 Å². The number of anilines is 2. The molecule has 2 aromatic heterocycles. The lowest BCUT2D eigenvalue weighted by atomic mass is 10.1. The van der Waals surface area contributed by atoms with Gasteiger partial charge < -0.3 is 20.3 Å². The van der Waals surface area contributed by atoms with E-state index >= 15 is 0 Å². The molecule has 1 atom stereocenters. The minimum atomic E-state index is -0.318. The summed E-state index contributed by atoms with van der Waals surface area (Å²) in [5.74, 6) is 1.76. The number of H-pyrrole nitrogens is 1. The summed E-state index contributed by atoms with van der Waals surface area (Å²) in [5, 5.41) is 13.5. The highest BCUT2D eigenvalue weighted by Crippen LogP contribution is 2.18. The molecule has 8 nitrogen and oxygen atoms in total. The number of piperidine rings is 1. The number of nitrogens with zero attached hydrogens (tertiary/aromatic N) is 4. The lowest BCUT2D eigenvalue weighted by Gasteiger charge is -2.31. The molecule has 26 heavy (non-hydrogen) atoms. The Morgan fingerprint density at radius 1 is 1.27 bits per heavy atom. The van der Waals surface area contributed by atoms with Crippen molar-refractivity contribution in [1.29, 1.82) is 0 Å². The third kappa shape index (κ3) is 3.50. The standard InChI is InChI=1S/C18H20N6O2/c25-12-4-3-9-24(11-12)16-7-8-19-18(23-16)20-10-15-21-14-6-2-1-5-13(14)17(26)22-15/h1-2,5-8,12,25H,3-4,9-11H2,(H,19,20,23)(H,21,22,26)/t12-/m1/s1. The van der Waals surface area contributed by atoms with Crippen molar-refractivity contribution < 1.29 is 5.11 Å². The van der Waals surface area contributed by atoms with Gasteiger partial charge in [-0.3, -0.25) is 4.79 Å². The number of para-hydroxylation sites is 1. The summed E-state index contributed by atoms with van der Waals surface area (Å²) in [6, 6.07) is 9.06. The molecule has 1 saturated heterocycles. The Balaban J connectivity index is 1.50. The predicted octanol–water partition coefficient (Wildman–Crippen LogP) is 1.29. The van der Waals surface area contributed by atoms with E-state index in [1.54, 1.807) is 12.3 Å². The zero-order chi connectivity index (χ0) is 17.9. The van der Waals surface area contributed by atoms with Gasteiger partial charge in [0, 0.05) is 19.3 Å². The predicted molar refractivity (Wildman–Crippen MR) is 99.2 cm³/mol. The maximum Gasteiger partial charge on any atom is 0.258 e. The molecule has 0 amide bonds. The fraction of sp³-hybridized carbons (Fsp3) is 0.333. The van der Waals surface area contributed by atoms with Gasteiger partial charge in [0.2, 0.25) is 5.95 Å². The van der Waals surface area contributed by atoms with Crippen molar-refractivity contribution in [2.75, 3.05) is 23.3 Å². The van der Waals surface area contributed by atoms with Gasteiger partial charge >= 0.3 is 0 Å². The van der Waals surface area contributed by atoms with Gasteiger partial charge in [-0.1, -0.05) is 12.1 Å². The fourth-order valence-corrected chi connectivity index (χ4v) is 3.15. The van der Waals surface area contributed by atoms with Crippen LogP contribution in [0.3, 0.4) is 0 Å². The Hall–Kier alpha value is -3.00. The van der Waals surface area contributed by atoms with Crippen LogP contribution < -0.4 is 15.8 Å². The minimum absolute atomic E-state index is 0.163. The summed E-state index contributed by atoms with van der Waals surface area (Å²) in [7, 11) is 0. The zero-order valence-corrected chi connectivity index (χ0v) is 14.2. The maximum absolute atomic E-state index is 12.1. The average molecular weight is 352 g/mol. The Bertz CT molecular complexity index is 973. The summed E-state index contributed by atoms with van der Waals surface area (Å²) in [6.07, 6.45) is 3.13. The zero-order valence-electron chi connectivity index (χ0n) is 14.2. The number of β-amino-alcohol motifs (C(OH)–C–C–N with tert-alkyl or cyclic N) is 1. The molecule has 0 unspecified atom stereocenters. The first-order chi connectivity index (χ1) is 12.7. The third-order valence-corrected chi connectivity index (χ3v) is 4.44. The molecule has 0 bridgehead atoms. The molecule has 0 saturated carbocycles. The van der Waals surface area contributed by atoms with Gasteiger partial charge in [0.25, 0.3) is 5.56 Å². The van der Waals surface area contributed by atoms with E-state index in [9.17, 15) is 9.90 Å². The van der Waals surface area contributed by atoms with Gasteiger partial charge in [-0.25, -0.2) is 9.97 Å². The number of aromatic amines is 1. The van der Waals surface area contributed by atoms with Crippen LogP contribution in [0.5, 0.6) is 0 Å². The van der Waals surface area contributed by atoms with Crippen molar-refractivity contribution in [3.63, 3.8) is 0 Å². The van der Waals surface area contributed by atoms with Gasteiger partial charge in [-0.15, -0.1) is 0 Å². The number of fused-ring (bicyclic) bond motifs is 1. The second-order valence-electron chi connectivity index (χ2n) is 6.36. The molecular weight excluding hydrogens is 332 g/mol. The largest absolute Gasteiger partial charge is 0.391 e. The monoisotopic (exact) mass is 352 g/mol. The summed E-state index contributed by atoms with van der Waals surface area (Å²) in [5.41, 5.74) is 0.495. The van der Waals surface area contributed by atoms with Gasteiger partial charge in [0.15, 0.2) is 0 Å². The Morgan fingerprint density at radius 3 is 3.04 bits per heavy atom. The Morgan fingerprint density at radius 2 is 2.15 bits per heavy atom. The number of aromatic nitrogens is 4. The highest BCUT2D eigenvalue weighted by atomic mass is 16.3. The molecule has 1 aromatic carbocycles. The van der Waals surface area contributed by atoms with Gasteiger partial charge in [0.05, 0.1) is 23.6 Å². The van der Waals surface area contributed by atoms with E-state index in [1.165, 1.54) is 0 Å². The normalized spacial score (nSPS) is 17.4. The molecule has 0 aliphatic carbocycles. The molecule has 0 radical (unpaired) electrons. The molecule has 0 spiro atoms. The molecule has 4 rings (SSSR count). The van der Waals surface area contributed by atoms with E-state index in [0.29, 0.717) is 35.8 Å². The van der Waals surface area contributed by atoms with Crippen LogP contribution >= 0.6 is 0 Å². The van der Waals surface area contributed by atoms with Crippen molar-refractivity contribution >= 4 is 22.7 Å². The fourth-order valence-electron chi connectivity index (χ4n) is 3.15. The van der Waals surface area contributed by atoms with E-state index in [-0.39, 0.29) is 11.7 Å². The van der Waals surface area contributed by atoms with E-state index in [1.807, 2.05) is 24.3 Å². The highest BCUT2D eigenvalue weighted by Gasteiger charge is 2.19.